The molecular formula is C35H28I2O4. The Bertz CT molecular complexity index is 1640. The maximum absolute atomic E-state index is 12.9. The van der Waals surface area contributed by atoms with Crippen LogP contribution in [0.2, 0.25) is 0 Å². The molecule has 0 aromatic heterocycles. The first-order chi connectivity index (χ1) is 20.1. The lowest BCUT2D eigenvalue weighted by Gasteiger charge is -2.22. The van der Waals surface area contributed by atoms with Gasteiger partial charge in [0.2, 0.25) is 0 Å². The van der Waals surface area contributed by atoms with Gasteiger partial charge in [-0.15, -0.1) is 0 Å². The lowest BCUT2D eigenvalue weighted by molar-refractivity contribution is -0.151. The Labute approximate surface area is 262 Å². The zero-order chi connectivity index (χ0) is 28.8. The van der Waals surface area contributed by atoms with E-state index in [-0.39, 0.29) is 12.8 Å². The molecule has 0 fully saturated rings. The van der Waals surface area contributed by atoms with Crippen LogP contribution in [0.4, 0.5) is 0 Å². The predicted octanol–water partition coefficient (Wildman–Crippen LogP) is 9.63. The molecular weight excluding hydrogens is 738 g/mol. The maximum Gasteiger partial charge on any atom is 0.306 e. The molecule has 6 aromatic carbocycles. The summed E-state index contributed by atoms with van der Waals surface area (Å²) in [4.78, 5) is 24.1. The molecule has 0 amide bonds. The van der Waals surface area contributed by atoms with Crippen molar-refractivity contribution in [2.75, 3.05) is 0 Å². The second kappa shape index (κ2) is 13.6. The lowest BCUT2D eigenvalue weighted by atomic mass is 9.89. The molecule has 0 aliphatic carbocycles. The second-order valence-electron chi connectivity index (χ2n) is 10.0. The van der Waals surface area contributed by atoms with Crippen molar-refractivity contribution in [3.8, 4) is 0 Å². The molecule has 0 saturated carbocycles. The molecule has 6 aromatic rings. The number of rotatable bonds is 8. The molecule has 6 rings (SSSR count). The number of fused-ring (bicyclic) bond motifs is 4. The van der Waals surface area contributed by atoms with Crippen molar-refractivity contribution in [1.29, 1.82) is 0 Å². The van der Waals surface area contributed by atoms with Crippen LogP contribution in [0.15, 0.2) is 109 Å². The van der Waals surface area contributed by atoms with Crippen LogP contribution < -0.4 is 0 Å². The maximum atomic E-state index is 12.9. The van der Waals surface area contributed by atoms with Crippen molar-refractivity contribution in [3.63, 3.8) is 0 Å². The van der Waals surface area contributed by atoms with E-state index in [9.17, 15) is 9.59 Å². The van der Waals surface area contributed by atoms with Crippen molar-refractivity contribution >= 4 is 92.3 Å². The van der Waals surface area contributed by atoms with Gasteiger partial charge in [0.05, 0.1) is 12.8 Å². The quantitative estimate of drug-likeness (QED) is 0.0953. The van der Waals surface area contributed by atoms with E-state index in [1.165, 1.54) is 0 Å². The highest BCUT2D eigenvalue weighted by Crippen LogP contribution is 2.33. The molecule has 0 spiro atoms. The molecule has 4 nitrogen and oxygen atoms in total. The minimum absolute atomic E-state index is 0.154. The molecule has 41 heavy (non-hydrogen) atoms. The van der Waals surface area contributed by atoms with Crippen LogP contribution in [0.5, 0.6) is 0 Å². The van der Waals surface area contributed by atoms with Crippen molar-refractivity contribution in [2.24, 2.45) is 0 Å². The fraction of sp³-hybridized carbons (Fsp3) is 0.143. The van der Waals surface area contributed by atoms with Gasteiger partial charge >= 0.3 is 11.9 Å². The zero-order valence-corrected chi connectivity index (χ0v) is 26.5. The average molecular weight is 766 g/mol. The topological polar surface area (TPSA) is 63.6 Å². The number of carbonyl (C=O) groups is 2. The molecule has 0 heterocycles. The number of carboxylic acid groups (broad SMARTS) is 1. The largest absolute Gasteiger partial charge is 0.481 e. The van der Waals surface area contributed by atoms with Gasteiger partial charge < -0.3 is 9.84 Å². The molecule has 0 radical (unpaired) electrons. The summed E-state index contributed by atoms with van der Waals surface area (Å²) >= 11 is 4.24. The summed E-state index contributed by atoms with van der Waals surface area (Å²) in [6, 6.07) is 37.6. The monoisotopic (exact) mass is 766 g/mol. The molecule has 0 aliphatic heterocycles. The van der Waals surface area contributed by atoms with E-state index in [4.69, 9.17) is 9.84 Å². The van der Waals surface area contributed by atoms with Crippen molar-refractivity contribution in [2.45, 2.75) is 31.8 Å². The highest BCUT2D eigenvalue weighted by molar-refractivity contribution is 15.0. The number of carbonyl (C=O) groups excluding carboxylic acids is 1. The van der Waals surface area contributed by atoms with E-state index in [0.717, 1.165) is 54.2 Å². The smallest absolute Gasteiger partial charge is 0.306 e. The van der Waals surface area contributed by atoms with Crippen LogP contribution >= 0.6 is 37.2 Å². The fourth-order valence-corrected chi connectivity index (χ4v) is 5.72. The molecule has 0 aliphatic rings. The summed E-state index contributed by atoms with van der Waals surface area (Å²) in [5.41, 5.74) is 2.26. The predicted molar refractivity (Wildman–Crippen MR) is 185 cm³/mol. The SMILES string of the molecule is II.O=C(O)CCC(=O)OC(Cc1c2ccccc2cc2ccccc12)Cc1c2ccccc2cc2ccccc12. The number of esters is 1. The van der Waals surface area contributed by atoms with Gasteiger partial charge in [-0.2, -0.15) is 0 Å². The van der Waals surface area contributed by atoms with E-state index < -0.39 is 18.0 Å². The van der Waals surface area contributed by atoms with Gasteiger partial charge in [-0.1, -0.05) is 97.1 Å². The first-order valence-electron chi connectivity index (χ1n) is 13.4. The molecule has 206 valence electrons. The van der Waals surface area contributed by atoms with E-state index in [0.29, 0.717) is 12.8 Å². The number of aliphatic carboxylic acids is 1. The van der Waals surface area contributed by atoms with Crippen LogP contribution in [0.25, 0.3) is 43.1 Å². The number of halogens is 2. The standard InChI is InChI=1S/C35H28O4.I2/c36-34(37)17-18-35(38)39-27(21-32-28-13-5-1-9-23(28)19-24-10-2-6-14-29(24)32)22-33-30-15-7-3-11-25(30)20-26-12-4-8-16-31(26)33;1-2/h1-16,19-20,27H,17-18,21-22H2,(H,36,37);. The minimum atomic E-state index is -1.01. The summed E-state index contributed by atoms with van der Waals surface area (Å²) < 4.78 is 6.10. The van der Waals surface area contributed by atoms with Gasteiger partial charge in [-0.25, -0.2) is 0 Å². The van der Waals surface area contributed by atoms with E-state index in [2.05, 4.69) is 97.9 Å². The van der Waals surface area contributed by atoms with E-state index >= 15 is 0 Å². The highest BCUT2D eigenvalue weighted by atomic mass is 128. The van der Waals surface area contributed by atoms with Gasteiger partial charge in [0.15, 0.2) is 0 Å². The molecule has 1 N–H and O–H groups in total. The number of benzene rings is 6. The zero-order valence-electron chi connectivity index (χ0n) is 22.2. The van der Waals surface area contributed by atoms with Crippen LogP contribution in [-0.2, 0) is 27.2 Å². The van der Waals surface area contributed by atoms with Crippen LogP contribution in [-0.4, -0.2) is 23.1 Å². The molecule has 6 heteroatoms. The Morgan fingerprint density at radius 3 is 1.27 bits per heavy atom. The molecule has 0 unspecified atom stereocenters. The van der Waals surface area contributed by atoms with Crippen molar-refractivity contribution in [3.05, 3.63) is 120 Å². The van der Waals surface area contributed by atoms with Gasteiger partial charge in [0.1, 0.15) is 6.10 Å². The number of ether oxygens (including phenoxy) is 1. The Morgan fingerprint density at radius 2 is 0.927 bits per heavy atom. The summed E-state index contributed by atoms with van der Waals surface area (Å²) in [5, 5.41) is 18.2. The Morgan fingerprint density at radius 1 is 0.585 bits per heavy atom. The van der Waals surface area contributed by atoms with Crippen LogP contribution in [0, 0.1) is 0 Å². The van der Waals surface area contributed by atoms with Crippen molar-refractivity contribution < 1.29 is 19.4 Å². The number of hydrogen-bond acceptors (Lipinski definition) is 3. The first kappa shape index (κ1) is 29.3. The Hall–Kier alpha value is -3.24. The first-order valence-corrected chi connectivity index (χ1v) is 19.7. The molecule has 0 atom stereocenters. The third-order valence-electron chi connectivity index (χ3n) is 7.47. The van der Waals surface area contributed by atoms with Crippen molar-refractivity contribution in [1.82, 2.24) is 0 Å². The molecule has 0 saturated heterocycles. The third-order valence-corrected chi connectivity index (χ3v) is 7.47. The fourth-order valence-electron chi connectivity index (χ4n) is 5.72. The number of carboxylic acids is 1. The Balaban J connectivity index is 0.00000165. The van der Waals surface area contributed by atoms with E-state index in [1.807, 2.05) is 48.5 Å². The molecule has 0 bridgehead atoms. The van der Waals surface area contributed by atoms with Crippen LogP contribution in [0.3, 0.4) is 0 Å². The second-order valence-corrected chi connectivity index (χ2v) is 10.0. The highest BCUT2D eigenvalue weighted by Gasteiger charge is 2.22. The van der Waals surface area contributed by atoms with Gasteiger partial charge in [-0.3, -0.25) is 9.59 Å². The lowest BCUT2D eigenvalue weighted by Crippen LogP contribution is -2.24. The van der Waals surface area contributed by atoms with Gasteiger partial charge in [0.25, 0.3) is 0 Å². The average Bonchev–Trinajstić information content (AvgIpc) is 3.00. The van der Waals surface area contributed by atoms with Gasteiger partial charge in [-0.05, 0) is 66.3 Å². The van der Waals surface area contributed by atoms with E-state index in [1.54, 1.807) is 0 Å². The summed E-state index contributed by atoms with van der Waals surface area (Å²) in [6.07, 6.45) is 0.143. The summed E-state index contributed by atoms with van der Waals surface area (Å²) in [5.74, 6) is -1.50. The Kier molecular flexibility index (Phi) is 9.72. The third kappa shape index (κ3) is 6.64. The minimum Gasteiger partial charge on any atom is -0.481 e. The van der Waals surface area contributed by atoms with Gasteiger partial charge in [0, 0.05) is 50.1 Å². The normalized spacial score (nSPS) is 11.1. The summed E-state index contributed by atoms with van der Waals surface area (Å²) in [6.45, 7) is 0. The summed E-state index contributed by atoms with van der Waals surface area (Å²) in [7, 11) is 0. The van der Waals surface area contributed by atoms with Crippen LogP contribution in [0.1, 0.15) is 24.0 Å². The number of hydrogen-bond donors (Lipinski definition) is 1.